The fourth-order valence-corrected chi connectivity index (χ4v) is 3.94. The van der Waals surface area contributed by atoms with Crippen molar-refractivity contribution in [3.8, 4) is 0 Å². The van der Waals surface area contributed by atoms with Gasteiger partial charge in [-0.2, -0.15) is 0 Å². The lowest BCUT2D eigenvalue weighted by atomic mass is 9.82. The molecule has 1 saturated heterocycles. The van der Waals surface area contributed by atoms with Crippen LogP contribution >= 0.6 is 0 Å². The summed E-state index contributed by atoms with van der Waals surface area (Å²) in [6.07, 6.45) is 10.5. The third-order valence-electron chi connectivity index (χ3n) is 5.55. The van der Waals surface area contributed by atoms with Crippen molar-refractivity contribution < 1.29 is 0 Å². The number of hydrogen-bond donors (Lipinski definition) is 1. The first-order chi connectivity index (χ1) is 9.06. The van der Waals surface area contributed by atoms with E-state index in [4.69, 9.17) is 0 Å². The van der Waals surface area contributed by atoms with Crippen molar-refractivity contribution in [1.29, 1.82) is 0 Å². The van der Waals surface area contributed by atoms with Gasteiger partial charge in [0, 0.05) is 30.7 Å². The highest BCUT2D eigenvalue weighted by molar-refractivity contribution is 5.08. The van der Waals surface area contributed by atoms with Gasteiger partial charge in [-0.3, -0.25) is 4.90 Å². The van der Waals surface area contributed by atoms with Crippen molar-refractivity contribution in [1.82, 2.24) is 10.2 Å². The Balaban J connectivity index is 2.15. The second kappa shape index (κ2) is 5.97. The lowest BCUT2D eigenvalue weighted by Gasteiger charge is -2.53. The molecular weight excluding hydrogens is 232 g/mol. The van der Waals surface area contributed by atoms with Gasteiger partial charge in [-0.1, -0.05) is 38.3 Å². The van der Waals surface area contributed by atoms with Gasteiger partial charge in [0.2, 0.25) is 0 Å². The molecule has 0 unspecified atom stereocenters. The van der Waals surface area contributed by atoms with Crippen molar-refractivity contribution >= 4 is 0 Å². The summed E-state index contributed by atoms with van der Waals surface area (Å²) in [6.45, 7) is 12.7. The van der Waals surface area contributed by atoms with Crippen LogP contribution in [0.5, 0.6) is 0 Å². The monoisotopic (exact) mass is 264 g/mol. The average molecular weight is 264 g/mol. The molecule has 19 heavy (non-hydrogen) atoms. The maximum atomic E-state index is 3.94. The topological polar surface area (TPSA) is 15.3 Å². The summed E-state index contributed by atoms with van der Waals surface area (Å²) in [7, 11) is 0. The molecule has 1 saturated carbocycles. The molecule has 0 bridgehead atoms. The summed E-state index contributed by atoms with van der Waals surface area (Å²) in [5.41, 5.74) is 2.25. The maximum Gasteiger partial charge on any atom is 0.0333 e. The molecule has 1 spiro atoms. The minimum atomic E-state index is 0.375. The van der Waals surface area contributed by atoms with E-state index in [1.807, 2.05) is 0 Å². The van der Waals surface area contributed by atoms with Crippen molar-refractivity contribution in [2.75, 3.05) is 19.6 Å². The van der Waals surface area contributed by atoms with Crippen LogP contribution in [0.25, 0.3) is 0 Å². The van der Waals surface area contributed by atoms with E-state index in [9.17, 15) is 0 Å². The van der Waals surface area contributed by atoms with Crippen LogP contribution in [-0.2, 0) is 0 Å². The van der Waals surface area contributed by atoms with Crippen LogP contribution < -0.4 is 5.32 Å². The molecule has 0 amide bonds. The lowest BCUT2D eigenvalue weighted by Crippen LogP contribution is -2.69. The van der Waals surface area contributed by atoms with E-state index in [0.29, 0.717) is 11.1 Å². The van der Waals surface area contributed by atoms with Gasteiger partial charge in [0.25, 0.3) is 0 Å². The highest BCUT2D eigenvalue weighted by Crippen LogP contribution is 2.38. The van der Waals surface area contributed by atoms with Crippen molar-refractivity contribution in [3.63, 3.8) is 0 Å². The Bertz CT molecular complexity index is 318. The van der Waals surface area contributed by atoms with Gasteiger partial charge < -0.3 is 5.32 Å². The first-order valence-electron chi connectivity index (χ1n) is 8.19. The fourth-order valence-electron chi connectivity index (χ4n) is 3.94. The summed E-state index contributed by atoms with van der Waals surface area (Å²) >= 11 is 0. The normalized spacial score (nSPS) is 25.7. The minimum Gasteiger partial charge on any atom is -0.308 e. The van der Waals surface area contributed by atoms with Crippen LogP contribution in [0.3, 0.4) is 0 Å². The fraction of sp³-hybridized carbons (Fsp3) is 0.882. The second-order valence-corrected chi connectivity index (χ2v) is 6.93. The average Bonchev–Trinajstić information content (AvgIpc) is 2.86. The quantitative estimate of drug-likeness (QED) is 0.778. The van der Waals surface area contributed by atoms with E-state index >= 15 is 0 Å². The summed E-state index contributed by atoms with van der Waals surface area (Å²) in [5.74, 6) is 0. The molecule has 0 aromatic rings. The molecule has 2 aliphatic rings. The van der Waals surface area contributed by atoms with Gasteiger partial charge >= 0.3 is 0 Å². The Kier molecular flexibility index (Phi) is 4.73. The number of allylic oxidation sites excluding steroid dienone is 1. The third kappa shape index (κ3) is 3.05. The van der Waals surface area contributed by atoms with E-state index in [1.165, 1.54) is 57.2 Å². The highest BCUT2D eigenvalue weighted by atomic mass is 15.3. The van der Waals surface area contributed by atoms with E-state index in [0.717, 1.165) is 6.54 Å². The third-order valence-corrected chi connectivity index (χ3v) is 5.55. The van der Waals surface area contributed by atoms with E-state index in [1.54, 1.807) is 0 Å². The summed E-state index contributed by atoms with van der Waals surface area (Å²) < 4.78 is 0. The summed E-state index contributed by atoms with van der Waals surface area (Å²) in [5, 5.41) is 3.94. The Morgan fingerprint density at radius 1 is 1.16 bits per heavy atom. The Morgan fingerprint density at radius 3 is 2.32 bits per heavy atom. The number of nitrogens with zero attached hydrogens (tertiary/aromatic N) is 1. The number of piperazine rings is 1. The molecule has 1 aliphatic heterocycles. The molecule has 110 valence electrons. The van der Waals surface area contributed by atoms with Gasteiger partial charge in [-0.05, 0) is 39.5 Å². The zero-order valence-corrected chi connectivity index (χ0v) is 13.4. The van der Waals surface area contributed by atoms with E-state index in [2.05, 4.69) is 44.0 Å². The van der Waals surface area contributed by atoms with Crippen molar-refractivity contribution in [3.05, 3.63) is 11.6 Å². The Hall–Kier alpha value is -0.340. The standard InChI is InChI=1S/C17H32N2/c1-5-17(6-2)13-18-16(10-7-8-11-16)14-19(17)12-9-15(3)4/h9,18H,5-8,10-14H2,1-4H3. The lowest BCUT2D eigenvalue weighted by molar-refractivity contribution is 0.00888. The number of hydrogen-bond acceptors (Lipinski definition) is 2. The van der Waals surface area contributed by atoms with Gasteiger partial charge in [-0.15, -0.1) is 0 Å². The number of rotatable bonds is 4. The molecule has 1 aliphatic carbocycles. The summed E-state index contributed by atoms with van der Waals surface area (Å²) in [6, 6.07) is 0. The van der Waals surface area contributed by atoms with Gasteiger partial charge in [0.1, 0.15) is 0 Å². The molecule has 2 nitrogen and oxygen atoms in total. The van der Waals surface area contributed by atoms with Gasteiger partial charge in [0.15, 0.2) is 0 Å². The molecule has 2 rings (SSSR count). The molecule has 0 aromatic heterocycles. The first kappa shape index (κ1) is 15.1. The van der Waals surface area contributed by atoms with Crippen LogP contribution in [0, 0.1) is 0 Å². The van der Waals surface area contributed by atoms with E-state index < -0.39 is 0 Å². The Morgan fingerprint density at radius 2 is 1.79 bits per heavy atom. The minimum absolute atomic E-state index is 0.375. The second-order valence-electron chi connectivity index (χ2n) is 6.93. The smallest absolute Gasteiger partial charge is 0.0333 e. The molecule has 0 atom stereocenters. The molecule has 2 heteroatoms. The predicted molar refractivity (Wildman–Crippen MR) is 83.5 cm³/mol. The van der Waals surface area contributed by atoms with Crippen LogP contribution in [-0.4, -0.2) is 35.6 Å². The molecule has 0 aromatic carbocycles. The van der Waals surface area contributed by atoms with Crippen molar-refractivity contribution in [2.45, 2.75) is 77.3 Å². The largest absolute Gasteiger partial charge is 0.308 e. The predicted octanol–water partition coefficient (Wildman–Crippen LogP) is 3.73. The van der Waals surface area contributed by atoms with Crippen LogP contribution in [0.4, 0.5) is 0 Å². The molecular formula is C17H32N2. The molecule has 0 radical (unpaired) electrons. The maximum absolute atomic E-state index is 3.94. The van der Waals surface area contributed by atoms with Crippen LogP contribution in [0.2, 0.25) is 0 Å². The molecule has 1 heterocycles. The molecule has 2 fully saturated rings. The SMILES string of the molecule is CCC1(CC)CNC2(CCCC2)CN1CC=C(C)C. The van der Waals surface area contributed by atoms with Crippen molar-refractivity contribution in [2.24, 2.45) is 0 Å². The first-order valence-corrected chi connectivity index (χ1v) is 8.19. The number of nitrogens with one attached hydrogen (secondary N) is 1. The van der Waals surface area contributed by atoms with Gasteiger partial charge in [0.05, 0.1) is 0 Å². The zero-order valence-electron chi connectivity index (χ0n) is 13.4. The highest BCUT2D eigenvalue weighted by Gasteiger charge is 2.46. The van der Waals surface area contributed by atoms with Crippen LogP contribution in [0.15, 0.2) is 11.6 Å². The zero-order chi connectivity index (χ0) is 13.9. The summed E-state index contributed by atoms with van der Waals surface area (Å²) in [4.78, 5) is 2.78. The molecule has 1 N–H and O–H groups in total. The van der Waals surface area contributed by atoms with E-state index in [-0.39, 0.29) is 0 Å². The van der Waals surface area contributed by atoms with Gasteiger partial charge in [-0.25, -0.2) is 0 Å². The van der Waals surface area contributed by atoms with Crippen LogP contribution in [0.1, 0.15) is 66.2 Å². The Labute approximate surface area is 119 Å².